The second kappa shape index (κ2) is 4.12. The summed E-state index contributed by atoms with van der Waals surface area (Å²) >= 11 is 0. The Morgan fingerprint density at radius 1 is 1.00 bits per heavy atom. The second-order valence-electron chi connectivity index (χ2n) is 3.15. The zero-order chi connectivity index (χ0) is 12.4. The molecule has 2 rings (SSSR count). The van der Waals surface area contributed by atoms with Gasteiger partial charge in [-0.05, 0) is 12.1 Å². The standard InChI is InChI=1S/C10H6FN3O3/c11-5-3-1-2-4-6(5)12-7-8(15)13-10(17)14-9(7)16/h1-4H,(H2,13,14,15,16,17). The number of imide groups is 2. The highest BCUT2D eigenvalue weighted by Crippen LogP contribution is 2.16. The number of barbiturate groups is 1. The second-order valence-corrected chi connectivity index (χ2v) is 3.15. The normalized spacial score (nSPS) is 15.4. The Morgan fingerprint density at radius 2 is 1.59 bits per heavy atom. The molecule has 6 nitrogen and oxygen atoms in total. The van der Waals surface area contributed by atoms with E-state index in [2.05, 4.69) is 4.99 Å². The van der Waals surface area contributed by atoms with E-state index in [0.29, 0.717) is 0 Å². The molecular formula is C10H6FN3O3. The van der Waals surface area contributed by atoms with Gasteiger partial charge in [0.05, 0.1) is 5.69 Å². The Morgan fingerprint density at radius 3 is 2.18 bits per heavy atom. The summed E-state index contributed by atoms with van der Waals surface area (Å²) < 4.78 is 13.2. The van der Waals surface area contributed by atoms with Crippen LogP contribution in [0.3, 0.4) is 0 Å². The van der Waals surface area contributed by atoms with Gasteiger partial charge in [0.25, 0.3) is 11.8 Å². The number of nitrogens with zero attached hydrogens (tertiary/aromatic N) is 1. The molecule has 0 unspecified atom stereocenters. The highest BCUT2D eigenvalue weighted by molar-refractivity contribution is 6.69. The number of carbonyl (C=O) groups excluding carboxylic acids is 3. The number of hydrogen-bond acceptors (Lipinski definition) is 4. The summed E-state index contributed by atoms with van der Waals surface area (Å²) in [6.45, 7) is 0. The largest absolute Gasteiger partial charge is 0.328 e. The number of nitrogens with one attached hydrogen (secondary N) is 2. The van der Waals surface area contributed by atoms with Crippen molar-refractivity contribution in [1.29, 1.82) is 0 Å². The molecule has 86 valence electrons. The van der Waals surface area contributed by atoms with Crippen LogP contribution in [0, 0.1) is 5.82 Å². The van der Waals surface area contributed by atoms with E-state index in [-0.39, 0.29) is 5.69 Å². The van der Waals surface area contributed by atoms with Gasteiger partial charge < -0.3 is 0 Å². The fourth-order valence-corrected chi connectivity index (χ4v) is 1.22. The molecule has 0 radical (unpaired) electrons. The maximum Gasteiger partial charge on any atom is 0.328 e. The molecule has 0 aromatic heterocycles. The van der Waals surface area contributed by atoms with E-state index in [0.717, 1.165) is 6.07 Å². The first-order chi connectivity index (χ1) is 8.08. The van der Waals surface area contributed by atoms with Crippen LogP contribution in [-0.4, -0.2) is 23.6 Å². The molecule has 1 aliphatic rings. The minimum atomic E-state index is -0.956. The van der Waals surface area contributed by atoms with E-state index in [1.54, 1.807) is 0 Å². The maximum atomic E-state index is 13.2. The van der Waals surface area contributed by atoms with E-state index in [1.165, 1.54) is 18.2 Å². The van der Waals surface area contributed by atoms with Gasteiger partial charge in [0.2, 0.25) is 0 Å². The van der Waals surface area contributed by atoms with Gasteiger partial charge in [-0.15, -0.1) is 0 Å². The van der Waals surface area contributed by atoms with Crippen molar-refractivity contribution < 1.29 is 18.8 Å². The van der Waals surface area contributed by atoms with Crippen LogP contribution < -0.4 is 10.6 Å². The number of benzene rings is 1. The third-order valence-electron chi connectivity index (χ3n) is 1.97. The molecule has 1 saturated heterocycles. The molecule has 0 saturated carbocycles. The van der Waals surface area contributed by atoms with E-state index < -0.39 is 29.4 Å². The average molecular weight is 235 g/mol. The lowest BCUT2D eigenvalue weighted by molar-refractivity contribution is -0.119. The van der Waals surface area contributed by atoms with Crippen LogP contribution in [0.25, 0.3) is 0 Å². The Hall–Kier alpha value is -2.57. The number of hydrogen-bond donors (Lipinski definition) is 2. The summed E-state index contributed by atoms with van der Waals surface area (Å²) in [6.07, 6.45) is 0. The van der Waals surface area contributed by atoms with E-state index in [9.17, 15) is 18.8 Å². The summed E-state index contributed by atoms with van der Waals surface area (Å²) in [5.41, 5.74) is -0.711. The first-order valence-electron chi connectivity index (χ1n) is 4.58. The zero-order valence-electron chi connectivity index (χ0n) is 8.36. The fourth-order valence-electron chi connectivity index (χ4n) is 1.22. The van der Waals surface area contributed by atoms with Crippen molar-refractivity contribution in [3.05, 3.63) is 30.1 Å². The van der Waals surface area contributed by atoms with Gasteiger partial charge in [-0.1, -0.05) is 12.1 Å². The summed E-state index contributed by atoms with van der Waals surface area (Å²) in [4.78, 5) is 36.9. The van der Waals surface area contributed by atoms with E-state index in [1.807, 2.05) is 10.6 Å². The van der Waals surface area contributed by atoms with Crippen molar-refractivity contribution in [1.82, 2.24) is 10.6 Å². The monoisotopic (exact) mass is 235 g/mol. The first-order valence-corrected chi connectivity index (χ1v) is 4.58. The molecule has 1 fully saturated rings. The summed E-state index contributed by atoms with van der Waals surface area (Å²) in [5, 5.41) is 3.67. The van der Waals surface area contributed by atoms with Crippen LogP contribution in [0.2, 0.25) is 0 Å². The molecule has 1 heterocycles. The van der Waals surface area contributed by atoms with Gasteiger partial charge in [-0.25, -0.2) is 14.2 Å². The van der Waals surface area contributed by atoms with E-state index >= 15 is 0 Å². The summed E-state index contributed by atoms with van der Waals surface area (Å²) in [5.74, 6) is -2.58. The molecule has 1 aromatic carbocycles. The first kappa shape index (κ1) is 10.9. The number of halogens is 1. The van der Waals surface area contributed by atoms with Crippen LogP contribution >= 0.6 is 0 Å². The van der Waals surface area contributed by atoms with Crippen molar-refractivity contribution >= 4 is 29.2 Å². The predicted octanol–water partition coefficient (Wildman–Crippen LogP) is 0.264. The van der Waals surface area contributed by atoms with Crippen molar-refractivity contribution in [2.45, 2.75) is 0 Å². The minimum absolute atomic E-state index is 0.151. The van der Waals surface area contributed by atoms with Crippen LogP contribution in [0.5, 0.6) is 0 Å². The lowest BCUT2D eigenvalue weighted by atomic mass is 10.2. The lowest BCUT2D eigenvalue weighted by Crippen LogP contribution is -2.56. The molecule has 1 aliphatic heterocycles. The lowest BCUT2D eigenvalue weighted by Gasteiger charge is -2.12. The molecule has 0 spiro atoms. The molecule has 0 atom stereocenters. The Balaban J connectivity index is 2.40. The quantitative estimate of drug-likeness (QED) is 0.732. The maximum absolute atomic E-state index is 13.2. The van der Waals surface area contributed by atoms with Crippen LogP contribution in [0.4, 0.5) is 14.9 Å². The number of carbonyl (C=O) groups is 3. The van der Waals surface area contributed by atoms with Gasteiger partial charge in [-0.3, -0.25) is 20.2 Å². The van der Waals surface area contributed by atoms with Crippen molar-refractivity contribution in [2.75, 3.05) is 0 Å². The number of rotatable bonds is 1. The molecule has 4 amide bonds. The summed E-state index contributed by atoms with van der Waals surface area (Å²) in [7, 11) is 0. The highest BCUT2D eigenvalue weighted by atomic mass is 19.1. The number of aliphatic imine (C=N–C) groups is 1. The van der Waals surface area contributed by atoms with Gasteiger partial charge >= 0.3 is 6.03 Å². The summed E-state index contributed by atoms with van der Waals surface area (Å²) in [6, 6.07) is 4.48. The Labute approximate surface area is 94.5 Å². The molecule has 7 heteroatoms. The highest BCUT2D eigenvalue weighted by Gasteiger charge is 2.29. The van der Waals surface area contributed by atoms with Gasteiger partial charge in [0, 0.05) is 0 Å². The fraction of sp³-hybridized carbons (Fsp3) is 0. The SMILES string of the molecule is O=C1NC(=O)C(=Nc2ccccc2F)C(=O)N1. The molecule has 0 aliphatic carbocycles. The van der Waals surface area contributed by atoms with Crippen LogP contribution in [-0.2, 0) is 9.59 Å². The van der Waals surface area contributed by atoms with E-state index in [4.69, 9.17) is 0 Å². The molecule has 17 heavy (non-hydrogen) atoms. The van der Waals surface area contributed by atoms with Gasteiger partial charge in [0.15, 0.2) is 5.71 Å². The average Bonchev–Trinajstić information content (AvgIpc) is 2.25. The predicted molar refractivity (Wildman–Crippen MR) is 55.2 cm³/mol. The van der Waals surface area contributed by atoms with Crippen LogP contribution in [0.1, 0.15) is 0 Å². The number of urea groups is 1. The number of para-hydroxylation sites is 1. The van der Waals surface area contributed by atoms with Gasteiger partial charge in [-0.2, -0.15) is 0 Å². The Kier molecular flexibility index (Phi) is 2.65. The minimum Gasteiger partial charge on any atom is -0.272 e. The Bertz CT molecular complexity index is 531. The topological polar surface area (TPSA) is 87.6 Å². The third-order valence-corrected chi connectivity index (χ3v) is 1.97. The molecule has 1 aromatic rings. The van der Waals surface area contributed by atoms with Crippen molar-refractivity contribution in [2.24, 2.45) is 4.99 Å². The molecular weight excluding hydrogens is 229 g/mol. The van der Waals surface area contributed by atoms with Gasteiger partial charge in [0.1, 0.15) is 5.82 Å². The van der Waals surface area contributed by atoms with Crippen LogP contribution in [0.15, 0.2) is 29.3 Å². The number of amides is 4. The van der Waals surface area contributed by atoms with Crippen molar-refractivity contribution in [3.8, 4) is 0 Å². The van der Waals surface area contributed by atoms with Crippen molar-refractivity contribution in [3.63, 3.8) is 0 Å². The molecule has 2 N–H and O–H groups in total. The third kappa shape index (κ3) is 2.17. The smallest absolute Gasteiger partial charge is 0.272 e. The zero-order valence-corrected chi connectivity index (χ0v) is 8.36. The molecule has 0 bridgehead atoms.